The Labute approximate surface area is 184 Å². The van der Waals surface area contributed by atoms with Gasteiger partial charge in [0.2, 0.25) is 11.8 Å². The highest BCUT2D eigenvalue weighted by Crippen LogP contribution is 2.27. The van der Waals surface area contributed by atoms with E-state index in [1.54, 1.807) is 31.2 Å². The number of hydrogen-bond acceptors (Lipinski definition) is 4. The van der Waals surface area contributed by atoms with Crippen LogP contribution in [0, 0.1) is 11.8 Å². The van der Waals surface area contributed by atoms with E-state index in [0.29, 0.717) is 24.2 Å². The number of amides is 3. The van der Waals surface area contributed by atoms with Crippen molar-refractivity contribution in [1.29, 1.82) is 0 Å². The first-order valence-electron chi connectivity index (χ1n) is 11.2. The highest BCUT2D eigenvalue weighted by atomic mass is 16.2. The molecule has 1 aliphatic rings. The van der Waals surface area contributed by atoms with E-state index in [-0.39, 0.29) is 17.7 Å². The lowest BCUT2D eigenvalue weighted by Gasteiger charge is -2.28. The molecule has 1 saturated carbocycles. The van der Waals surface area contributed by atoms with Crippen LogP contribution >= 0.6 is 0 Å². The van der Waals surface area contributed by atoms with E-state index < -0.39 is 24.0 Å². The number of carbonyl (C=O) groups is 4. The maximum Gasteiger partial charge on any atom is 0.251 e. The van der Waals surface area contributed by atoms with E-state index in [1.807, 2.05) is 19.9 Å². The highest BCUT2D eigenvalue weighted by molar-refractivity contribution is 5.98. The molecule has 0 spiro atoms. The average molecular weight is 430 g/mol. The zero-order chi connectivity index (χ0) is 22.8. The Hall–Kier alpha value is -2.70. The molecule has 3 unspecified atom stereocenters. The first kappa shape index (κ1) is 24.6. The van der Waals surface area contributed by atoms with Crippen molar-refractivity contribution in [2.75, 3.05) is 0 Å². The fourth-order valence-corrected chi connectivity index (χ4v) is 3.85. The van der Waals surface area contributed by atoms with Crippen molar-refractivity contribution >= 4 is 24.0 Å². The lowest BCUT2D eigenvalue weighted by molar-refractivity contribution is -0.131. The van der Waals surface area contributed by atoms with Crippen LogP contribution in [0.15, 0.2) is 30.3 Å². The van der Waals surface area contributed by atoms with E-state index in [4.69, 9.17) is 0 Å². The second-order valence-electron chi connectivity index (χ2n) is 8.78. The minimum Gasteiger partial charge on any atom is -0.345 e. The Kier molecular flexibility index (Phi) is 9.69. The summed E-state index contributed by atoms with van der Waals surface area (Å²) in [6, 6.07) is 6.62. The smallest absolute Gasteiger partial charge is 0.251 e. The van der Waals surface area contributed by atoms with Crippen molar-refractivity contribution in [3.05, 3.63) is 35.9 Å². The van der Waals surface area contributed by atoms with Crippen molar-refractivity contribution in [2.45, 2.75) is 77.4 Å². The zero-order valence-electron chi connectivity index (χ0n) is 18.7. The molecule has 1 aliphatic carbocycles. The third-order valence-corrected chi connectivity index (χ3v) is 5.88. The first-order valence-corrected chi connectivity index (χ1v) is 11.2. The molecule has 0 aromatic heterocycles. The molecule has 0 radical (unpaired) electrons. The van der Waals surface area contributed by atoms with Gasteiger partial charge in [-0.15, -0.1) is 0 Å². The third kappa shape index (κ3) is 7.81. The van der Waals surface area contributed by atoms with Gasteiger partial charge < -0.3 is 20.7 Å². The standard InChI is InChI=1S/C24H35N3O4/c1-16(2)21(15-28)27-22(29)17(3)25-24(31)20(14-18-10-6-4-7-11-18)26-23(30)19-12-8-5-9-13-19/h5,8-9,12-13,15-18,20-21H,4,6-7,10-11,14H2,1-3H3,(H,25,31)(H,26,30)(H,27,29). The van der Waals surface area contributed by atoms with Gasteiger partial charge in [0.15, 0.2) is 0 Å². The summed E-state index contributed by atoms with van der Waals surface area (Å²) >= 11 is 0. The van der Waals surface area contributed by atoms with E-state index in [0.717, 1.165) is 25.7 Å². The quantitative estimate of drug-likeness (QED) is 0.497. The molecule has 0 aliphatic heterocycles. The lowest BCUT2D eigenvalue weighted by Crippen LogP contribution is -2.55. The molecule has 1 aromatic rings. The van der Waals surface area contributed by atoms with Crippen LogP contribution < -0.4 is 16.0 Å². The van der Waals surface area contributed by atoms with Crippen molar-refractivity contribution in [3.63, 3.8) is 0 Å². The van der Waals surface area contributed by atoms with Crippen LogP contribution in [-0.2, 0) is 14.4 Å². The molecule has 3 amide bonds. The molecule has 3 atom stereocenters. The van der Waals surface area contributed by atoms with Crippen molar-refractivity contribution in [3.8, 4) is 0 Å². The van der Waals surface area contributed by atoms with Crippen LogP contribution in [0.2, 0.25) is 0 Å². The number of rotatable bonds is 10. The fourth-order valence-electron chi connectivity index (χ4n) is 3.85. The van der Waals surface area contributed by atoms with Crippen LogP contribution in [0.3, 0.4) is 0 Å². The van der Waals surface area contributed by atoms with Gasteiger partial charge in [0.1, 0.15) is 18.4 Å². The summed E-state index contributed by atoms with van der Waals surface area (Å²) in [4.78, 5) is 49.3. The Bertz CT molecular complexity index is 744. The van der Waals surface area contributed by atoms with Gasteiger partial charge in [-0.3, -0.25) is 14.4 Å². The summed E-state index contributed by atoms with van der Waals surface area (Å²) < 4.78 is 0. The normalized spacial score (nSPS) is 17.3. The lowest BCUT2D eigenvalue weighted by atomic mass is 9.84. The van der Waals surface area contributed by atoms with Crippen LogP contribution in [0.4, 0.5) is 0 Å². The largest absolute Gasteiger partial charge is 0.345 e. The molecular formula is C24H35N3O4. The summed E-state index contributed by atoms with van der Waals surface area (Å²) in [6.45, 7) is 5.25. The van der Waals surface area contributed by atoms with Gasteiger partial charge in [-0.1, -0.05) is 64.2 Å². The number of carbonyl (C=O) groups excluding carboxylic acids is 4. The van der Waals surface area contributed by atoms with Crippen LogP contribution in [-0.4, -0.2) is 42.1 Å². The van der Waals surface area contributed by atoms with E-state index in [9.17, 15) is 19.2 Å². The summed E-state index contributed by atoms with van der Waals surface area (Å²) in [5.41, 5.74) is 0.487. The van der Waals surface area contributed by atoms with Crippen LogP contribution in [0.25, 0.3) is 0 Å². The first-order chi connectivity index (χ1) is 14.8. The number of aldehydes is 1. The fraction of sp³-hybridized carbons (Fsp3) is 0.583. The Morgan fingerprint density at radius 3 is 2.16 bits per heavy atom. The number of hydrogen-bond donors (Lipinski definition) is 3. The molecule has 0 heterocycles. The molecule has 1 aromatic carbocycles. The average Bonchev–Trinajstić information content (AvgIpc) is 2.77. The van der Waals surface area contributed by atoms with Gasteiger partial charge in [-0.25, -0.2) is 0 Å². The molecular weight excluding hydrogens is 394 g/mol. The second kappa shape index (κ2) is 12.2. The summed E-state index contributed by atoms with van der Waals surface area (Å²) in [5, 5.41) is 8.22. The molecule has 1 fully saturated rings. The summed E-state index contributed by atoms with van der Waals surface area (Å²) in [5.74, 6) is -0.803. The maximum atomic E-state index is 13.0. The molecule has 31 heavy (non-hydrogen) atoms. The zero-order valence-corrected chi connectivity index (χ0v) is 18.7. The summed E-state index contributed by atoms with van der Waals surface area (Å²) in [7, 11) is 0. The predicted octanol–water partition coefficient (Wildman–Crippen LogP) is 2.60. The second-order valence-corrected chi connectivity index (χ2v) is 8.78. The minimum atomic E-state index is -0.823. The third-order valence-electron chi connectivity index (χ3n) is 5.88. The topological polar surface area (TPSA) is 104 Å². The minimum absolute atomic E-state index is 0.0476. The van der Waals surface area contributed by atoms with Gasteiger partial charge in [0, 0.05) is 5.56 Å². The van der Waals surface area contributed by atoms with Crippen molar-refractivity contribution < 1.29 is 19.2 Å². The number of nitrogens with one attached hydrogen (secondary N) is 3. The predicted molar refractivity (Wildman–Crippen MR) is 119 cm³/mol. The van der Waals surface area contributed by atoms with E-state index in [2.05, 4.69) is 16.0 Å². The molecule has 3 N–H and O–H groups in total. The van der Waals surface area contributed by atoms with Gasteiger partial charge in [0.25, 0.3) is 5.91 Å². The monoisotopic (exact) mass is 429 g/mol. The Morgan fingerprint density at radius 2 is 1.58 bits per heavy atom. The van der Waals surface area contributed by atoms with Crippen molar-refractivity contribution in [1.82, 2.24) is 16.0 Å². The Balaban J connectivity index is 2.04. The van der Waals surface area contributed by atoms with E-state index >= 15 is 0 Å². The SMILES string of the molecule is CC(NC(=O)C(CC1CCCCC1)NC(=O)c1ccccc1)C(=O)NC(C=O)C(C)C. The molecule has 170 valence electrons. The van der Waals surface area contributed by atoms with E-state index in [1.165, 1.54) is 6.42 Å². The maximum absolute atomic E-state index is 13.0. The number of benzene rings is 1. The van der Waals surface area contributed by atoms with Crippen molar-refractivity contribution in [2.24, 2.45) is 11.8 Å². The van der Waals surface area contributed by atoms with Crippen LogP contribution in [0.5, 0.6) is 0 Å². The molecule has 2 rings (SSSR count). The molecule has 7 heteroatoms. The van der Waals surface area contributed by atoms with Gasteiger partial charge in [-0.2, -0.15) is 0 Å². The van der Waals surface area contributed by atoms with Gasteiger partial charge in [-0.05, 0) is 37.3 Å². The Morgan fingerprint density at radius 1 is 0.935 bits per heavy atom. The van der Waals surface area contributed by atoms with Gasteiger partial charge in [0.05, 0.1) is 6.04 Å². The highest BCUT2D eigenvalue weighted by Gasteiger charge is 2.29. The molecule has 7 nitrogen and oxygen atoms in total. The van der Waals surface area contributed by atoms with Crippen LogP contribution in [0.1, 0.15) is 69.7 Å². The molecule has 0 saturated heterocycles. The molecule has 0 bridgehead atoms. The van der Waals surface area contributed by atoms with Gasteiger partial charge >= 0.3 is 0 Å². The summed E-state index contributed by atoms with van der Waals surface area (Å²) in [6.07, 6.45) is 6.78.